The molecule has 5 rings (SSSR count). The molecule has 1 saturated carbocycles. The number of anilines is 1. The molecule has 1 aliphatic carbocycles. The molecule has 1 aliphatic heterocycles. The lowest BCUT2D eigenvalue weighted by molar-refractivity contribution is 0.0605. The van der Waals surface area contributed by atoms with Crippen LogP contribution in [0.25, 0.3) is 16.0 Å². The zero-order valence-corrected chi connectivity index (χ0v) is 22.3. The van der Waals surface area contributed by atoms with Gasteiger partial charge in [-0.25, -0.2) is 9.78 Å². The Hall–Kier alpha value is -2.81. The molecule has 0 radical (unpaired) electrons. The number of thiophene rings is 1. The van der Waals surface area contributed by atoms with E-state index in [0.29, 0.717) is 22.2 Å². The number of carbonyl (C=O) groups is 2. The van der Waals surface area contributed by atoms with Gasteiger partial charge in [0, 0.05) is 28.1 Å². The Labute approximate surface area is 219 Å². The van der Waals surface area contributed by atoms with Crippen LogP contribution >= 0.6 is 22.7 Å². The van der Waals surface area contributed by atoms with Gasteiger partial charge in [-0.05, 0) is 72.6 Å². The number of thiazole rings is 1. The first-order chi connectivity index (χ1) is 17.5. The van der Waals surface area contributed by atoms with Crippen molar-refractivity contribution in [3.8, 4) is 10.4 Å². The van der Waals surface area contributed by atoms with Crippen LogP contribution in [-0.2, 0) is 4.74 Å². The minimum atomic E-state index is -0.281. The van der Waals surface area contributed by atoms with Gasteiger partial charge in [0.15, 0.2) is 0 Å². The molecule has 0 saturated heterocycles. The van der Waals surface area contributed by atoms with Crippen molar-refractivity contribution in [2.45, 2.75) is 39.0 Å². The van der Waals surface area contributed by atoms with Crippen LogP contribution in [0.2, 0.25) is 0 Å². The summed E-state index contributed by atoms with van der Waals surface area (Å²) in [6.07, 6.45) is 5.90. The zero-order chi connectivity index (χ0) is 25.1. The predicted molar refractivity (Wildman–Crippen MR) is 147 cm³/mol. The minimum absolute atomic E-state index is 0.224. The first kappa shape index (κ1) is 24.9. The maximum absolute atomic E-state index is 12.8. The normalized spacial score (nSPS) is 20.3. The number of ether oxygens (including phenoxy) is 1. The van der Waals surface area contributed by atoms with E-state index in [0.717, 1.165) is 41.4 Å². The lowest BCUT2D eigenvalue weighted by Gasteiger charge is -2.33. The van der Waals surface area contributed by atoms with Crippen LogP contribution in [0.15, 0.2) is 46.8 Å². The van der Waals surface area contributed by atoms with Gasteiger partial charge < -0.3 is 15.4 Å². The van der Waals surface area contributed by atoms with Crippen LogP contribution < -0.4 is 10.6 Å². The molecule has 0 spiro atoms. The summed E-state index contributed by atoms with van der Waals surface area (Å²) in [5.74, 6) is 0.877. The largest absolute Gasteiger partial charge is 0.465 e. The Bertz CT molecular complexity index is 1250. The second-order valence-corrected chi connectivity index (χ2v) is 11.4. The summed E-state index contributed by atoms with van der Waals surface area (Å²) in [7, 11) is 1.45. The van der Waals surface area contributed by atoms with E-state index in [-0.39, 0.29) is 11.9 Å². The summed E-state index contributed by atoms with van der Waals surface area (Å²) >= 11 is 2.87. The van der Waals surface area contributed by atoms with Crippen molar-refractivity contribution >= 4 is 45.8 Å². The molecule has 2 N–H and O–H groups in total. The monoisotopic (exact) mass is 521 g/mol. The predicted octanol–water partition coefficient (Wildman–Crippen LogP) is 6.48. The van der Waals surface area contributed by atoms with Crippen LogP contribution in [-0.4, -0.2) is 37.1 Å². The number of carbonyl (C=O) groups excluding carboxylic acids is 2. The first-order valence-electron chi connectivity index (χ1n) is 12.5. The van der Waals surface area contributed by atoms with Crippen LogP contribution in [0.3, 0.4) is 0 Å². The highest BCUT2D eigenvalue weighted by Crippen LogP contribution is 2.42. The van der Waals surface area contributed by atoms with Gasteiger partial charge in [-0.2, -0.15) is 0 Å². The van der Waals surface area contributed by atoms with Gasteiger partial charge in [-0.1, -0.05) is 31.9 Å². The number of benzene rings is 1. The average Bonchev–Trinajstić information content (AvgIpc) is 3.60. The summed E-state index contributed by atoms with van der Waals surface area (Å²) in [6.45, 7) is 4.16. The molecule has 0 atom stereocenters. The number of nitrogens with one attached hydrogen (secondary N) is 2. The van der Waals surface area contributed by atoms with E-state index >= 15 is 0 Å². The van der Waals surface area contributed by atoms with Gasteiger partial charge >= 0.3 is 5.97 Å². The zero-order valence-electron chi connectivity index (χ0n) is 20.6. The number of nitrogens with zero attached hydrogens (tertiary/aromatic N) is 1. The van der Waals surface area contributed by atoms with Crippen molar-refractivity contribution in [1.82, 2.24) is 10.3 Å². The summed E-state index contributed by atoms with van der Waals surface area (Å²) in [5.41, 5.74) is 7.59. The second kappa shape index (κ2) is 11.1. The molecule has 2 aromatic heterocycles. The molecule has 2 aliphatic rings. The van der Waals surface area contributed by atoms with Crippen molar-refractivity contribution < 1.29 is 14.3 Å². The highest BCUT2D eigenvalue weighted by molar-refractivity contribution is 7.17. The Kier molecular flexibility index (Phi) is 7.65. The van der Waals surface area contributed by atoms with E-state index in [1.807, 2.05) is 24.3 Å². The quantitative estimate of drug-likeness (QED) is 0.363. The topological polar surface area (TPSA) is 80.3 Å². The molecule has 8 heteroatoms. The van der Waals surface area contributed by atoms with Gasteiger partial charge in [0.05, 0.1) is 12.6 Å². The summed E-state index contributed by atoms with van der Waals surface area (Å²) in [5, 5.41) is 8.18. The number of hydrogen-bond acceptors (Lipinski definition) is 7. The fourth-order valence-electron chi connectivity index (χ4n) is 5.25. The Balaban J connectivity index is 1.45. The van der Waals surface area contributed by atoms with E-state index in [2.05, 4.69) is 28.6 Å². The summed E-state index contributed by atoms with van der Waals surface area (Å²) < 4.78 is 5.19. The third kappa shape index (κ3) is 5.31. The first-order valence-corrected chi connectivity index (χ1v) is 14.2. The molecule has 1 fully saturated rings. The van der Waals surface area contributed by atoms with Crippen molar-refractivity contribution in [3.05, 3.63) is 62.9 Å². The fraction of sp³-hybridized carbons (Fsp3) is 0.393. The molecule has 3 heterocycles. The van der Waals surface area contributed by atoms with Crippen LogP contribution in [0.1, 0.15) is 64.8 Å². The van der Waals surface area contributed by atoms with E-state index in [1.54, 1.807) is 10.9 Å². The van der Waals surface area contributed by atoms with Gasteiger partial charge in [0.1, 0.15) is 10.6 Å². The molecule has 0 unspecified atom stereocenters. The molecular weight excluding hydrogens is 490 g/mol. The molecule has 36 heavy (non-hydrogen) atoms. The van der Waals surface area contributed by atoms with Crippen LogP contribution in [0, 0.1) is 11.8 Å². The number of hydrogen-bond donors (Lipinski definition) is 2. The molecule has 6 nitrogen and oxygen atoms in total. The molecule has 0 bridgehead atoms. The second-order valence-electron chi connectivity index (χ2n) is 9.64. The lowest BCUT2D eigenvalue weighted by atomic mass is 9.76. The number of amides is 1. The van der Waals surface area contributed by atoms with E-state index < -0.39 is 0 Å². The minimum Gasteiger partial charge on any atom is -0.465 e. The van der Waals surface area contributed by atoms with Gasteiger partial charge in [0.25, 0.3) is 5.91 Å². The highest BCUT2D eigenvalue weighted by Gasteiger charge is 2.29. The Morgan fingerprint density at radius 2 is 1.92 bits per heavy atom. The van der Waals surface area contributed by atoms with E-state index in [4.69, 9.17) is 4.74 Å². The highest BCUT2D eigenvalue weighted by atomic mass is 32.1. The molecule has 188 valence electrons. The Morgan fingerprint density at radius 3 is 2.61 bits per heavy atom. The maximum atomic E-state index is 12.8. The van der Waals surface area contributed by atoms with Crippen LogP contribution in [0.4, 0.5) is 5.69 Å². The van der Waals surface area contributed by atoms with E-state index in [1.165, 1.54) is 66.6 Å². The standard InChI is InChI=1S/C28H31N3O3S2/c1-17-3-5-18(6-4-17)23-14-29-12-11-21(23)22-13-25(36-26(22)28(33)34-2)19-7-9-20(10-8-19)31-27(32)24-15-35-16-30-24/h7-10,13,15-18,29H,3-6,11-12,14H2,1-2H3,(H,31,32). The van der Waals surface area contributed by atoms with Gasteiger partial charge in [0.2, 0.25) is 0 Å². The summed E-state index contributed by atoms with van der Waals surface area (Å²) in [6, 6.07) is 9.89. The van der Waals surface area contributed by atoms with Crippen molar-refractivity contribution in [3.63, 3.8) is 0 Å². The number of rotatable bonds is 6. The van der Waals surface area contributed by atoms with E-state index in [9.17, 15) is 9.59 Å². The Morgan fingerprint density at radius 1 is 1.14 bits per heavy atom. The number of aromatic nitrogens is 1. The van der Waals surface area contributed by atoms with Crippen molar-refractivity contribution in [2.75, 3.05) is 25.5 Å². The molecule has 1 aromatic carbocycles. The summed E-state index contributed by atoms with van der Waals surface area (Å²) in [4.78, 5) is 30.9. The van der Waals surface area contributed by atoms with Crippen LogP contribution in [0.5, 0.6) is 0 Å². The molecule has 1 amide bonds. The maximum Gasteiger partial charge on any atom is 0.348 e. The van der Waals surface area contributed by atoms with Crippen molar-refractivity contribution in [2.24, 2.45) is 11.8 Å². The van der Waals surface area contributed by atoms with Gasteiger partial charge in [-0.15, -0.1) is 22.7 Å². The average molecular weight is 522 g/mol. The molecular formula is C28H31N3O3S2. The third-order valence-electron chi connectivity index (χ3n) is 7.28. The lowest BCUT2D eigenvalue weighted by Crippen LogP contribution is -2.30. The SMILES string of the molecule is COC(=O)c1sc(-c2ccc(NC(=O)c3cscn3)cc2)cc1C1=C(C2CCC(C)CC2)CNCC1. The fourth-order valence-corrected chi connectivity index (χ4v) is 6.89. The van der Waals surface area contributed by atoms with Gasteiger partial charge in [-0.3, -0.25) is 4.79 Å². The molecule has 3 aromatic rings. The van der Waals surface area contributed by atoms with Crippen molar-refractivity contribution in [1.29, 1.82) is 0 Å². The third-order valence-corrected chi connectivity index (χ3v) is 9.03. The smallest absolute Gasteiger partial charge is 0.348 e. The number of esters is 1. The number of methoxy groups -OCH3 is 1.